The predicted molar refractivity (Wildman–Crippen MR) is 126 cm³/mol. The number of aromatic nitrogens is 1. The Hall–Kier alpha value is -2.66. The number of hydrogen-bond acceptors (Lipinski definition) is 3. The number of halogens is 2. The highest BCUT2D eigenvalue weighted by Crippen LogP contribution is 2.47. The first-order valence-corrected chi connectivity index (χ1v) is 11.1. The fraction of sp³-hybridized carbons (Fsp3) is 0.269. The van der Waals surface area contributed by atoms with Crippen molar-refractivity contribution >= 4 is 21.5 Å². The second-order valence-electron chi connectivity index (χ2n) is 8.37. The van der Waals surface area contributed by atoms with E-state index in [-0.39, 0.29) is 11.2 Å². The Bertz CT molecular complexity index is 1140. The molecule has 0 spiro atoms. The quantitative estimate of drug-likeness (QED) is 0.366. The van der Waals surface area contributed by atoms with E-state index in [0.717, 1.165) is 34.0 Å². The van der Waals surface area contributed by atoms with E-state index in [1.807, 2.05) is 24.3 Å². The molecule has 4 rings (SSSR count). The molecule has 0 amide bonds. The molecule has 0 fully saturated rings. The summed E-state index contributed by atoms with van der Waals surface area (Å²) in [5, 5.41) is 0. The molecule has 0 bridgehead atoms. The van der Waals surface area contributed by atoms with E-state index in [0.29, 0.717) is 23.8 Å². The van der Waals surface area contributed by atoms with Gasteiger partial charge in [0.25, 0.3) is 0 Å². The fourth-order valence-corrected chi connectivity index (χ4v) is 4.38. The second kappa shape index (κ2) is 8.83. The summed E-state index contributed by atoms with van der Waals surface area (Å²) < 4.78 is 27.0. The van der Waals surface area contributed by atoms with Gasteiger partial charge in [-0.15, -0.1) is 0 Å². The lowest BCUT2D eigenvalue weighted by Gasteiger charge is -2.25. The maximum Gasteiger partial charge on any atom is 0.214 e. The van der Waals surface area contributed by atoms with Crippen LogP contribution in [0.1, 0.15) is 37.8 Å². The summed E-state index contributed by atoms with van der Waals surface area (Å²) in [4.78, 5) is 4.25. The molecule has 3 nitrogen and oxygen atoms in total. The minimum atomic E-state index is -0.263. The number of ether oxygens (including phenoxy) is 2. The Morgan fingerprint density at radius 2 is 1.87 bits per heavy atom. The molecule has 1 aliphatic rings. The van der Waals surface area contributed by atoms with Crippen molar-refractivity contribution in [2.24, 2.45) is 5.41 Å². The molecule has 0 aliphatic heterocycles. The van der Waals surface area contributed by atoms with Gasteiger partial charge in [0.15, 0.2) is 0 Å². The SMILES string of the molecule is COc1ccc(F)c(-c2ccc(COc3cc(Br)ccn3)cc2C2=CCCC2(C)C)c1. The predicted octanol–water partition coefficient (Wildman–Crippen LogP) is 7.44. The number of benzene rings is 2. The number of pyridine rings is 1. The number of methoxy groups -OCH3 is 1. The molecule has 5 heteroatoms. The van der Waals surface area contributed by atoms with Crippen LogP contribution >= 0.6 is 15.9 Å². The molecule has 1 aliphatic carbocycles. The Balaban J connectivity index is 1.75. The van der Waals surface area contributed by atoms with Crippen molar-refractivity contribution in [1.29, 1.82) is 0 Å². The molecule has 31 heavy (non-hydrogen) atoms. The van der Waals surface area contributed by atoms with Gasteiger partial charge in [0, 0.05) is 22.3 Å². The van der Waals surface area contributed by atoms with Crippen molar-refractivity contribution in [2.45, 2.75) is 33.3 Å². The van der Waals surface area contributed by atoms with E-state index >= 15 is 0 Å². The molecule has 0 atom stereocenters. The van der Waals surface area contributed by atoms with E-state index in [2.05, 4.69) is 46.9 Å². The van der Waals surface area contributed by atoms with E-state index < -0.39 is 0 Å². The van der Waals surface area contributed by atoms with Crippen LogP contribution in [0.3, 0.4) is 0 Å². The van der Waals surface area contributed by atoms with Gasteiger partial charge in [-0.25, -0.2) is 9.37 Å². The van der Waals surface area contributed by atoms with Crippen LogP contribution in [0.5, 0.6) is 11.6 Å². The maximum atomic E-state index is 14.8. The normalized spacial score (nSPS) is 14.9. The number of rotatable bonds is 6. The number of allylic oxidation sites excluding steroid dienone is 2. The van der Waals surface area contributed by atoms with Crippen molar-refractivity contribution in [3.8, 4) is 22.8 Å². The lowest BCUT2D eigenvalue weighted by molar-refractivity contribution is 0.293. The molecule has 0 saturated carbocycles. The highest BCUT2D eigenvalue weighted by molar-refractivity contribution is 9.10. The second-order valence-corrected chi connectivity index (χ2v) is 9.28. The zero-order valence-corrected chi connectivity index (χ0v) is 19.5. The first-order chi connectivity index (χ1) is 14.9. The molecular formula is C26H25BrFNO2. The lowest BCUT2D eigenvalue weighted by Crippen LogP contribution is -2.10. The Labute approximate surface area is 191 Å². The standard InChI is InChI=1S/C26H25BrFNO2/c1-26(2)11-4-5-23(26)21-13-17(16-31-25-14-18(27)10-12-29-25)6-8-20(21)22-15-19(30-3)7-9-24(22)28/h5-10,12-15H,4,11,16H2,1-3H3. The van der Waals surface area contributed by atoms with Crippen LogP contribution in [0.25, 0.3) is 16.7 Å². The lowest BCUT2D eigenvalue weighted by atomic mass is 9.79. The van der Waals surface area contributed by atoms with Gasteiger partial charge in [-0.3, -0.25) is 0 Å². The van der Waals surface area contributed by atoms with E-state index in [4.69, 9.17) is 9.47 Å². The minimum Gasteiger partial charge on any atom is -0.497 e. The number of nitrogens with zero attached hydrogens (tertiary/aromatic N) is 1. The zero-order chi connectivity index (χ0) is 22.0. The van der Waals surface area contributed by atoms with Crippen LogP contribution in [-0.2, 0) is 6.61 Å². The molecule has 1 aromatic heterocycles. The summed E-state index contributed by atoms with van der Waals surface area (Å²) in [7, 11) is 1.59. The molecular weight excluding hydrogens is 457 g/mol. The van der Waals surface area contributed by atoms with Crippen LogP contribution in [0.2, 0.25) is 0 Å². The summed E-state index contributed by atoms with van der Waals surface area (Å²) in [5.74, 6) is 0.926. The van der Waals surface area contributed by atoms with Gasteiger partial charge in [0.05, 0.1) is 7.11 Å². The first kappa shape index (κ1) is 21.6. The minimum absolute atomic E-state index is 0.0232. The van der Waals surface area contributed by atoms with Gasteiger partial charge in [-0.2, -0.15) is 0 Å². The Morgan fingerprint density at radius 3 is 2.58 bits per heavy atom. The largest absolute Gasteiger partial charge is 0.497 e. The molecule has 0 N–H and O–H groups in total. The summed E-state index contributed by atoms with van der Waals surface area (Å²) in [6, 6.07) is 14.6. The van der Waals surface area contributed by atoms with Crippen LogP contribution in [0.4, 0.5) is 4.39 Å². The zero-order valence-electron chi connectivity index (χ0n) is 17.9. The first-order valence-electron chi connectivity index (χ1n) is 10.3. The van der Waals surface area contributed by atoms with Gasteiger partial charge < -0.3 is 9.47 Å². The van der Waals surface area contributed by atoms with E-state index in [1.54, 1.807) is 25.4 Å². The topological polar surface area (TPSA) is 31.4 Å². The van der Waals surface area contributed by atoms with Crippen molar-refractivity contribution in [1.82, 2.24) is 4.98 Å². The van der Waals surface area contributed by atoms with Crippen LogP contribution in [0.15, 0.2) is 65.3 Å². The molecule has 0 radical (unpaired) electrons. The van der Waals surface area contributed by atoms with E-state index in [9.17, 15) is 4.39 Å². The number of hydrogen-bond donors (Lipinski definition) is 0. The summed E-state index contributed by atoms with van der Waals surface area (Å²) >= 11 is 3.44. The van der Waals surface area contributed by atoms with Gasteiger partial charge in [0.1, 0.15) is 18.2 Å². The molecule has 1 heterocycles. The molecule has 160 valence electrons. The highest BCUT2D eigenvalue weighted by Gasteiger charge is 2.30. The monoisotopic (exact) mass is 481 g/mol. The average Bonchev–Trinajstić information content (AvgIpc) is 3.11. The smallest absolute Gasteiger partial charge is 0.214 e. The van der Waals surface area contributed by atoms with Gasteiger partial charge in [0.2, 0.25) is 5.88 Å². The summed E-state index contributed by atoms with van der Waals surface area (Å²) in [6.45, 7) is 4.86. The van der Waals surface area contributed by atoms with Crippen molar-refractivity contribution in [2.75, 3.05) is 7.11 Å². The maximum absolute atomic E-state index is 14.8. The Kier molecular flexibility index (Phi) is 6.15. The molecule has 0 saturated heterocycles. The van der Waals surface area contributed by atoms with E-state index in [1.165, 1.54) is 11.6 Å². The Morgan fingerprint density at radius 1 is 1.03 bits per heavy atom. The van der Waals surface area contributed by atoms with Crippen molar-refractivity contribution < 1.29 is 13.9 Å². The van der Waals surface area contributed by atoms with Crippen LogP contribution in [0, 0.1) is 11.2 Å². The third-order valence-corrected chi connectivity index (χ3v) is 6.26. The van der Waals surface area contributed by atoms with Gasteiger partial charge >= 0.3 is 0 Å². The molecule has 2 aromatic carbocycles. The van der Waals surface area contributed by atoms with Crippen LogP contribution in [-0.4, -0.2) is 12.1 Å². The van der Waals surface area contributed by atoms with Gasteiger partial charge in [-0.05, 0) is 70.9 Å². The van der Waals surface area contributed by atoms with Crippen molar-refractivity contribution in [3.05, 3.63) is 82.2 Å². The molecule has 0 unspecified atom stereocenters. The van der Waals surface area contributed by atoms with Gasteiger partial charge in [-0.1, -0.05) is 48.0 Å². The molecule has 3 aromatic rings. The highest BCUT2D eigenvalue weighted by atomic mass is 79.9. The average molecular weight is 482 g/mol. The van der Waals surface area contributed by atoms with Crippen molar-refractivity contribution in [3.63, 3.8) is 0 Å². The van der Waals surface area contributed by atoms with Crippen LogP contribution < -0.4 is 9.47 Å². The third kappa shape index (κ3) is 4.67. The third-order valence-electron chi connectivity index (χ3n) is 5.77. The summed E-state index contributed by atoms with van der Waals surface area (Å²) in [6.07, 6.45) is 6.07. The fourth-order valence-electron chi connectivity index (χ4n) is 4.06. The summed E-state index contributed by atoms with van der Waals surface area (Å²) in [5.41, 5.74) is 4.72.